The van der Waals surface area contributed by atoms with Crippen LogP contribution in [0.1, 0.15) is 33.5 Å². The van der Waals surface area contributed by atoms with Crippen LogP contribution in [0.5, 0.6) is 5.75 Å². The van der Waals surface area contributed by atoms with Gasteiger partial charge in [-0.1, -0.05) is 18.2 Å². The summed E-state index contributed by atoms with van der Waals surface area (Å²) in [7, 11) is 0. The lowest BCUT2D eigenvalue weighted by molar-refractivity contribution is -0.126. The van der Waals surface area contributed by atoms with Crippen molar-refractivity contribution < 1.29 is 18.7 Å². The minimum Gasteiger partial charge on any atom is -0.487 e. The van der Waals surface area contributed by atoms with E-state index in [1.165, 1.54) is 13.0 Å². The second kappa shape index (κ2) is 10.6. The second-order valence-corrected chi connectivity index (χ2v) is 9.11. The molecule has 4 rings (SSSR count). The minimum absolute atomic E-state index is 0.100. The van der Waals surface area contributed by atoms with Crippen LogP contribution in [0.4, 0.5) is 10.1 Å². The first-order chi connectivity index (χ1) is 16.4. The number of carbonyl (C=O) groups is 2. The van der Waals surface area contributed by atoms with E-state index in [-0.39, 0.29) is 11.7 Å². The molecule has 1 aliphatic rings. The first-order valence-electron chi connectivity index (χ1n) is 11.1. The van der Waals surface area contributed by atoms with E-state index in [2.05, 4.69) is 4.98 Å². The topological polar surface area (TPSA) is 62.7 Å². The van der Waals surface area contributed by atoms with Gasteiger partial charge in [0.25, 0.3) is 0 Å². The number of aromatic nitrogens is 1. The molecule has 1 aromatic heterocycles. The standard InChI is InChI=1S/C26H26FN3O3S/c1-18(31)21-7-9-24(23(27)15-21)29-11-13-30(14-12-29)26(32)10-8-20-5-3-4-6-25(20)33-16-22-17-34-19(2)28-22/h3-10,15,17H,11-14,16H2,1-2H3/b10-8+. The number of piperazine rings is 1. The molecule has 1 saturated heterocycles. The summed E-state index contributed by atoms with van der Waals surface area (Å²) >= 11 is 1.58. The zero-order valence-electron chi connectivity index (χ0n) is 19.2. The third-order valence-corrected chi connectivity index (χ3v) is 6.48. The first-order valence-corrected chi connectivity index (χ1v) is 11.9. The van der Waals surface area contributed by atoms with Crippen molar-refractivity contribution in [2.75, 3.05) is 31.1 Å². The van der Waals surface area contributed by atoms with Gasteiger partial charge in [0.05, 0.1) is 16.4 Å². The number of ether oxygens (including phenoxy) is 1. The normalized spacial score (nSPS) is 14.0. The monoisotopic (exact) mass is 479 g/mol. The molecule has 6 nitrogen and oxygen atoms in total. The number of amides is 1. The van der Waals surface area contributed by atoms with Gasteiger partial charge < -0.3 is 14.5 Å². The quantitative estimate of drug-likeness (QED) is 0.362. The van der Waals surface area contributed by atoms with Gasteiger partial charge in [0, 0.05) is 48.8 Å². The van der Waals surface area contributed by atoms with Gasteiger partial charge in [-0.15, -0.1) is 11.3 Å². The number of nitrogens with zero attached hydrogens (tertiary/aromatic N) is 3. The number of para-hydroxylation sites is 1. The molecule has 0 aliphatic carbocycles. The Kier molecular flexibility index (Phi) is 7.37. The van der Waals surface area contributed by atoms with Crippen molar-refractivity contribution >= 4 is 34.8 Å². The highest BCUT2D eigenvalue weighted by Crippen LogP contribution is 2.24. The van der Waals surface area contributed by atoms with Crippen molar-refractivity contribution in [3.63, 3.8) is 0 Å². The highest BCUT2D eigenvalue weighted by Gasteiger charge is 2.22. The maximum Gasteiger partial charge on any atom is 0.246 e. The van der Waals surface area contributed by atoms with Gasteiger partial charge >= 0.3 is 0 Å². The highest BCUT2D eigenvalue weighted by molar-refractivity contribution is 7.09. The van der Waals surface area contributed by atoms with E-state index in [1.54, 1.807) is 40.5 Å². The maximum atomic E-state index is 14.5. The molecule has 8 heteroatoms. The summed E-state index contributed by atoms with van der Waals surface area (Å²) < 4.78 is 20.4. The number of Topliss-reactive ketones (excluding diaryl/α,β-unsaturated/α-hetero) is 1. The summed E-state index contributed by atoms with van der Waals surface area (Å²) in [5, 5.41) is 2.97. The predicted octanol–water partition coefficient (Wildman–Crippen LogP) is 4.73. The average molecular weight is 480 g/mol. The Bertz CT molecular complexity index is 1220. The van der Waals surface area contributed by atoms with Gasteiger partial charge in [-0.3, -0.25) is 9.59 Å². The van der Waals surface area contributed by atoms with Gasteiger partial charge in [-0.05, 0) is 44.2 Å². The molecule has 0 unspecified atom stereocenters. The van der Waals surface area contributed by atoms with Crippen LogP contribution in [0.15, 0.2) is 53.9 Å². The summed E-state index contributed by atoms with van der Waals surface area (Å²) in [6.45, 7) is 5.74. The van der Waals surface area contributed by atoms with Gasteiger partial charge in [-0.2, -0.15) is 0 Å². The lowest BCUT2D eigenvalue weighted by Gasteiger charge is -2.35. The number of thiazole rings is 1. The Labute approximate surface area is 202 Å². The van der Waals surface area contributed by atoms with Crippen LogP contribution in [0, 0.1) is 12.7 Å². The smallest absolute Gasteiger partial charge is 0.246 e. The number of ketones is 1. The number of benzene rings is 2. The van der Waals surface area contributed by atoms with Crippen LogP contribution in [-0.4, -0.2) is 47.8 Å². The summed E-state index contributed by atoms with van der Waals surface area (Å²) in [6, 6.07) is 12.1. The van der Waals surface area contributed by atoms with Crippen LogP contribution in [-0.2, 0) is 11.4 Å². The minimum atomic E-state index is -0.420. The molecule has 0 atom stereocenters. The fourth-order valence-corrected chi connectivity index (χ4v) is 4.39. The zero-order chi connectivity index (χ0) is 24.1. The van der Waals surface area contributed by atoms with Gasteiger partial charge in [0.1, 0.15) is 18.2 Å². The number of halogens is 1. The summed E-state index contributed by atoms with van der Waals surface area (Å²) in [5.74, 6) is -0.00173. The number of rotatable bonds is 7. The van der Waals surface area contributed by atoms with E-state index in [4.69, 9.17) is 4.74 Å². The molecule has 34 heavy (non-hydrogen) atoms. The van der Waals surface area contributed by atoms with Gasteiger partial charge in [0.15, 0.2) is 5.78 Å². The largest absolute Gasteiger partial charge is 0.487 e. The molecule has 3 aromatic rings. The zero-order valence-corrected chi connectivity index (χ0v) is 20.0. The number of anilines is 1. The summed E-state index contributed by atoms with van der Waals surface area (Å²) in [5.41, 5.74) is 2.50. The van der Waals surface area contributed by atoms with Crippen molar-refractivity contribution in [3.8, 4) is 5.75 Å². The van der Waals surface area contributed by atoms with Crippen molar-refractivity contribution in [2.24, 2.45) is 0 Å². The van der Waals surface area contributed by atoms with Crippen LogP contribution in [0.2, 0.25) is 0 Å². The third-order valence-electron chi connectivity index (χ3n) is 5.65. The number of carbonyl (C=O) groups excluding carboxylic acids is 2. The van der Waals surface area contributed by atoms with Crippen molar-refractivity contribution in [1.29, 1.82) is 0 Å². The van der Waals surface area contributed by atoms with E-state index in [0.29, 0.717) is 49.8 Å². The molecule has 2 aromatic carbocycles. The van der Waals surface area contributed by atoms with Crippen LogP contribution < -0.4 is 9.64 Å². The molecule has 0 bridgehead atoms. The maximum absolute atomic E-state index is 14.5. The van der Waals surface area contributed by atoms with Crippen molar-refractivity contribution in [2.45, 2.75) is 20.5 Å². The molecule has 0 N–H and O–H groups in total. The fourth-order valence-electron chi connectivity index (χ4n) is 3.79. The van der Waals surface area contributed by atoms with E-state index in [1.807, 2.05) is 41.5 Å². The molecule has 1 fully saturated rings. The molecule has 0 saturated carbocycles. The van der Waals surface area contributed by atoms with Crippen molar-refractivity contribution in [1.82, 2.24) is 9.88 Å². The molecule has 1 aliphatic heterocycles. The molecule has 1 amide bonds. The molecular weight excluding hydrogens is 453 g/mol. The van der Waals surface area contributed by atoms with Crippen molar-refractivity contribution in [3.05, 3.63) is 81.6 Å². The predicted molar refractivity (Wildman–Crippen MR) is 132 cm³/mol. The van der Waals surface area contributed by atoms with Gasteiger partial charge in [-0.25, -0.2) is 9.37 Å². The van der Waals surface area contributed by atoms with E-state index in [0.717, 1.165) is 16.3 Å². The Morgan fingerprint density at radius 1 is 1.15 bits per heavy atom. The molecular formula is C26H26FN3O3S. The molecule has 0 radical (unpaired) electrons. The van der Waals surface area contributed by atoms with Crippen LogP contribution in [0.3, 0.4) is 0 Å². The Morgan fingerprint density at radius 2 is 1.91 bits per heavy atom. The van der Waals surface area contributed by atoms with E-state index >= 15 is 0 Å². The van der Waals surface area contributed by atoms with Crippen LogP contribution >= 0.6 is 11.3 Å². The molecule has 2 heterocycles. The Hall–Kier alpha value is -3.52. The van der Waals surface area contributed by atoms with Crippen LogP contribution in [0.25, 0.3) is 6.08 Å². The van der Waals surface area contributed by atoms with Gasteiger partial charge in [0.2, 0.25) is 5.91 Å². The third kappa shape index (κ3) is 5.69. The van der Waals surface area contributed by atoms with E-state index in [9.17, 15) is 14.0 Å². The number of hydrogen-bond acceptors (Lipinski definition) is 6. The average Bonchev–Trinajstić information content (AvgIpc) is 3.26. The second-order valence-electron chi connectivity index (χ2n) is 8.05. The summed E-state index contributed by atoms with van der Waals surface area (Å²) in [4.78, 5) is 32.3. The lowest BCUT2D eigenvalue weighted by atomic mass is 10.1. The van der Waals surface area contributed by atoms with E-state index < -0.39 is 5.82 Å². The molecule has 176 valence electrons. The number of aryl methyl sites for hydroxylation is 1. The lowest BCUT2D eigenvalue weighted by Crippen LogP contribution is -2.48. The Morgan fingerprint density at radius 3 is 2.59 bits per heavy atom. The summed E-state index contributed by atoms with van der Waals surface area (Å²) in [6.07, 6.45) is 3.31. The highest BCUT2D eigenvalue weighted by atomic mass is 32.1. The first kappa shape index (κ1) is 23.6. The number of hydrogen-bond donors (Lipinski definition) is 0. The fraction of sp³-hybridized carbons (Fsp3) is 0.269. The molecule has 0 spiro atoms. The SMILES string of the molecule is CC(=O)c1ccc(N2CCN(C(=O)/C=C/c3ccccc3OCc3csc(C)n3)CC2)c(F)c1. The Balaban J connectivity index is 1.34.